The molecule has 0 atom stereocenters. The minimum atomic E-state index is -0.345. The molecule has 0 saturated heterocycles. The molecule has 1 aromatic heterocycles. The fourth-order valence-corrected chi connectivity index (χ4v) is 3.28. The molecule has 110 valence electrons. The third kappa shape index (κ3) is 3.67. The van der Waals surface area contributed by atoms with Crippen molar-refractivity contribution in [2.75, 3.05) is 0 Å². The minimum absolute atomic E-state index is 0.116. The number of rotatable bonds is 6. The summed E-state index contributed by atoms with van der Waals surface area (Å²) in [6.45, 7) is 1.74. The first-order valence-electron chi connectivity index (χ1n) is 6.97. The van der Waals surface area contributed by atoms with Gasteiger partial charge in [-0.2, -0.15) is 11.3 Å². The SMILES string of the molecule is NC(=S)c1cc(CN(Cc2ccsc2)C2CC2)ccc1F. The van der Waals surface area contributed by atoms with Crippen molar-refractivity contribution >= 4 is 28.5 Å². The maximum Gasteiger partial charge on any atom is 0.133 e. The summed E-state index contributed by atoms with van der Waals surface area (Å²) < 4.78 is 13.7. The Morgan fingerprint density at radius 2 is 2.05 bits per heavy atom. The zero-order valence-corrected chi connectivity index (χ0v) is 13.2. The zero-order valence-electron chi connectivity index (χ0n) is 11.6. The van der Waals surface area contributed by atoms with Crippen LogP contribution in [0, 0.1) is 5.82 Å². The molecule has 0 aliphatic heterocycles. The molecule has 1 aromatic carbocycles. The first-order valence-corrected chi connectivity index (χ1v) is 8.32. The number of hydrogen-bond donors (Lipinski definition) is 1. The topological polar surface area (TPSA) is 29.3 Å². The number of thiocarbonyl (C=S) groups is 1. The molecule has 2 N–H and O–H groups in total. The molecule has 2 nitrogen and oxygen atoms in total. The second-order valence-electron chi connectivity index (χ2n) is 5.45. The lowest BCUT2D eigenvalue weighted by Gasteiger charge is -2.22. The van der Waals surface area contributed by atoms with Gasteiger partial charge in [-0.05, 0) is 52.9 Å². The molecule has 0 radical (unpaired) electrons. The molecule has 3 rings (SSSR count). The van der Waals surface area contributed by atoms with E-state index in [-0.39, 0.29) is 10.8 Å². The second kappa shape index (κ2) is 6.22. The average molecular weight is 320 g/mol. The van der Waals surface area contributed by atoms with Crippen molar-refractivity contribution in [1.29, 1.82) is 0 Å². The Bertz CT molecular complexity index is 636. The van der Waals surface area contributed by atoms with E-state index in [1.165, 1.54) is 24.5 Å². The summed E-state index contributed by atoms with van der Waals surface area (Å²) in [4.78, 5) is 2.56. The van der Waals surface area contributed by atoms with Crippen LogP contribution in [-0.2, 0) is 13.1 Å². The second-order valence-corrected chi connectivity index (χ2v) is 6.67. The third-order valence-electron chi connectivity index (χ3n) is 3.71. The number of nitrogens with two attached hydrogens (primary N) is 1. The van der Waals surface area contributed by atoms with Crippen LogP contribution in [0.3, 0.4) is 0 Å². The van der Waals surface area contributed by atoms with Gasteiger partial charge in [-0.3, -0.25) is 4.90 Å². The van der Waals surface area contributed by atoms with E-state index in [1.54, 1.807) is 17.4 Å². The Balaban J connectivity index is 1.76. The van der Waals surface area contributed by atoms with Crippen molar-refractivity contribution in [3.05, 3.63) is 57.5 Å². The smallest absolute Gasteiger partial charge is 0.133 e. The Morgan fingerprint density at radius 3 is 2.67 bits per heavy atom. The Hall–Kier alpha value is -1.30. The fourth-order valence-electron chi connectivity index (χ4n) is 2.47. The Labute approximate surface area is 133 Å². The lowest BCUT2D eigenvalue weighted by molar-refractivity contribution is 0.246. The van der Waals surface area contributed by atoms with Crippen molar-refractivity contribution < 1.29 is 4.39 Å². The molecule has 0 bridgehead atoms. The minimum Gasteiger partial charge on any atom is -0.389 e. The molecule has 1 aliphatic rings. The van der Waals surface area contributed by atoms with E-state index in [0.717, 1.165) is 18.7 Å². The number of halogens is 1. The molecule has 1 saturated carbocycles. The van der Waals surface area contributed by atoms with Crippen molar-refractivity contribution in [2.45, 2.75) is 32.0 Å². The molecule has 1 fully saturated rings. The van der Waals surface area contributed by atoms with Crippen molar-refractivity contribution in [1.82, 2.24) is 4.90 Å². The molecular weight excluding hydrogens is 303 g/mol. The van der Waals surface area contributed by atoms with Crippen LogP contribution in [0.4, 0.5) is 4.39 Å². The summed E-state index contributed by atoms with van der Waals surface area (Å²) in [5.41, 5.74) is 8.31. The number of thiophene rings is 1. The number of benzene rings is 1. The highest BCUT2D eigenvalue weighted by Crippen LogP contribution is 2.30. The first kappa shape index (κ1) is 14.6. The number of nitrogens with zero attached hydrogens (tertiary/aromatic N) is 1. The molecule has 5 heteroatoms. The van der Waals surface area contributed by atoms with Gasteiger partial charge in [-0.15, -0.1) is 0 Å². The van der Waals surface area contributed by atoms with Crippen LogP contribution in [0.2, 0.25) is 0 Å². The van der Waals surface area contributed by atoms with Crippen LogP contribution in [0.25, 0.3) is 0 Å². The maximum atomic E-state index is 13.7. The van der Waals surface area contributed by atoms with E-state index >= 15 is 0 Å². The van der Waals surface area contributed by atoms with Gasteiger partial charge in [0.15, 0.2) is 0 Å². The molecule has 1 heterocycles. The number of hydrogen-bond acceptors (Lipinski definition) is 3. The summed E-state index contributed by atoms with van der Waals surface area (Å²) >= 11 is 6.62. The zero-order chi connectivity index (χ0) is 14.8. The molecule has 2 aromatic rings. The van der Waals surface area contributed by atoms with E-state index in [9.17, 15) is 4.39 Å². The molecule has 21 heavy (non-hydrogen) atoms. The Morgan fingerprint density at radius 1 is 1.29 bits per heavy atom. The maximum absolute atomic E-state index is 13.7. The van der Waals surface area contributed by atoms with Gasteiger partial charge in [0.25, 0.3) is 0 Å². The van der Waals surface area contributed by atoms with Crippen LogP contribution < -0.4 is 5.73 Å². The summed E-state index contributed by atoms with van der Waals surface area (Å²) in [5.74, 6) is -0.345. The highest BCUT2D eigenvalue weighted by molar-refractivity contribution is 7.80. The lowest BCUT2D eigenvalue weighted by Crippen LogP contribution is -2.25. The molecule has 1 aliphatic carbocycles. The highest BCUT2D eigenvalue weighted by Gasteiger charge is 2.29. The van der Waals surface area contributed by atoms with Gasteiger partial charge in [-0.25, -0.2) is 4.39 Å². The van der Waals surface area contributed by atoms with Gasteiger partial charge in [0.1, 0.15) is 10.8 Å². The first-order chi connectivity index (χ1) is 10.1. The van der Waals surface area contributed by atoms with Crippen LogP contribution in [0.15, 0.2) is 35.0 Å². The molecule has 0 spiro atoms. The highest BCUT2D eigenvalue weighted by atomic mass is 32.1. The summed E-state index contributed by atoms with van der Waals surface area (Å²) in [5, 5.41) is 4.28. The van der Waals surface area contributed by atoms with Gasteiger partial charge >= 0.3 is 0 Å². The third-order valence-corrected chi connectivity index (χ3v) is 4.66. The van der Waals surface area contributed by atoms with Gasteiger partial charge in [0, 0.05) is 24.7 Å². The van der Waals surface area contributed by atoms with E-state index in [0.29, 0.717) is 11.6 Å². The lowest BCUT2D eigenvalue weighted by atomic mass is 10.1. The Kier molecular flexibility index (Phi) is 4.33. The van der Waals surface area contributed by atoms with Gasteiger partial charge in [-0.1, -0.05) is 18.3 Å². The predicted molar refractivity (Wildman–Crippen MR) is 88.9 cm³/mol. The van der Waals surface area contributed by atoms with E-state index in [4.69, 9.17) is 18.0 Å². The van der Waals surface area contributed by atoms with Gasteiger partial charge in [0.05, 0.1) is 0 Å². The van der Waals surface area contributed by atoms with Crippen LogP contribution >= 0.6 is 23.6 Å². The van der Waals surface area contributed by atoms with Crippen molar-refractivity contribution in [3.8, 4) is 0 Å². The van der Waals surface area contributed by atoms with Crippen LogP contribution in [-0.4, -0.2) is 15.9 Å². The average Bonchev–Trinajstić information content (AvgIpc) is 3.18. The van der Waals surface area contributed by atoms with Crippen molar-refractivity contribution in [2.24, 2.45) is 5.73 Å². The van der Waals surface area contributed by atoms with Crippen LogP contribution in [0.5, 0.6) is 0 Å². The summed E-state index contributed by atoms with van der Waals surface area (Å²) in [6.07, 6.45) is 2.49. The predicted octanol–water partition coefficient (Wildman–Crippen LogP) is 3.69. The van der Waals surface area contributed by atoms with Gasteiger partial charge < -0.3 is 5.73 Å². The van der Waals surface area contributed by atoms with E-state index < -0.39 is 0 Å². The molecular formula is C16H17FN2S2. The molecule has 0 unspecified atom stereocenters. The van der Waals surface area contributed by atoms with Crippen LogP contribution in [0.1, 0.15) is 29.5 Å². The van der Waals surface area contributed by atoms with E-state index in [2.05, 4.69) is 21.7 Å². The van der Waals surface area contributed by atoms with Gasteiger partial charge in [0.2, 0.25) is 0 Å². The monoisotopic (exact) mass is 320 g/mol. The van der Waals surface area contributed by atoms with Crippen molar-refractivity contribution in [3.63, 3.8) is 0 Å². The molecule has 0 amide bonds. The standard InChI is InChI=1S/C16H17FN2S2/c17-15-4-1-11(7-14(15)16(18)20)8-19(13-2-3-13)9-12-5-6-21-10-12/h1,4-7,10,13H,2-3,8-9H2,(H2,18,20). The fraction of sp³-hybridized carbons (Fsp3) is 0.312. The largest absolute Gasteiger partial charge is 0.389 e. The quantitative estimate of drug-likeness (QED) is 0.823. The summed E-state index contributed by atoms with van der Waals surface area (Å²) in [7, 11) is 0. The summed E-state index contributed by atoms with van der Waals surface area (Å²) in [6, 6.07) is 7.86. The van der Waals surface area contributed by atoms with E-state index in [1.807, 2.05) is 6.07 Å². The normalized spacial score (nSPS) is 14.6.